The summed E-state index contributed by atoms with van der Waals surface area (Å²) in [7, 11) is 2.16. The van der Waals surface area contributed by atoms with Crippen LogP contribution in [0.5, 0.6) is 0 Å². The van der Waals surface area contributed by atoms with E-state index in [0.717, 1.165) is 25.1 Å². The molecule has 1 aliphatic carbocycles. The molecule has 0 aliphatic heterocycles. The van der Waals surface area contributed by atoms with E-state index in [1.165, 1.54) is 29.5 Å². The van der Waals surface area contributed by atoms with Gasteiger partial charge in [0.25, 0.3) is 0 Å². The van der Waals surface area contributed by atoms with E-state index in [4.69, 9.17) is 0 Å². The fraction of sp³-hybridized carbons (Fsp3) is 0.417. The van der Waals surface area contributed by atoms with Crippen molar-refractivity contribution in [2.45, 2.75) is 45.2 Å². The zero-order chi connectivity index (χ0) is 18.4. The highest BCUT2D eigenvalue weighted by atomic mass is 15.1. The van der Waals surface area contributed by atoms with Crippen molar-refractivity contribution in [1.82, 2.24) is 10.2 Å². The van der Waals surface area contributed by atoms with Crippen molar-refractivity contribution in [3.63, 3.8) is 0 Å². The molecule has 0 aromatic heterocycles. The van der Waals surface area contributed by atoms with Crippen LogP contribution in [0.1, 0.15) is 48.6 Å². The third kappa shape index (κ3) is 4.75. The second-order valence-corrected chi connectivity index (χ2v) is 7.32. The first-order valence-electron chi connectivity index (χ1n) is 9.76. The predicted molar refractivity (Wildman–Crippen MR) is 110 cm³/mol. The van der Waals surface area contributed by atoms with Crippen LogP contribution in [0.15, 0.2) is 48.5 Å². The van der Waals surface area contributed by atoms with Gasteiger partial charge < -0.3 is 5.32 Å². The van der Waals surface area contributed by atoms with Gasteiger partial charge in [0.2, 0.25) is 0 Å². The third-order valence-electron chi connectivity index (χ3n) is 5.36. The van der Waals surface area contributed by atoms with E-state index < -0.39 is 0 Å². The molecule has 0 spiro atoms. The second-order valence-electron chi connectivity index (χ2n) is 7.32. The molecular formula is C24H30N2. The Morgan fingerprint density at radius 2 is 2.00 bits per heavy atom. The molecule has 0 radical (unpaired) electrons. The average Bonchev–Trinajstić information content (AvgIpc) is 3.05. The topological polar surface area (TPSA) is 15.3 Å². The number of hydrogen-bond donors (Lipinski definition) is 1. The van der Waals surface area contributed by atoms with E-state index in [0.29, 0.717) is 12.1 Å². The Kier molecular flexibility index (Phi) is 6.50. The third-order valence-corrected chi connectivity index (χ3v) is 5.36. The molecule has 0 fully saturated rings. The lowest BCUT2D eigenvalue weighted by atomic mass is 10.0. The minimum Gasteiger partial charge on any atom is -0.310 e. The number of hydrogen-bond acceptors (Lipinski definition) is 2. The van der Waals surface area contributed by atoms with E-state index in [9.17, 15) is 0 Å². The maximum absolute atomic E-state index is 3.58. The predicted octanol–water partition coefficient (Wildman–Crippen LogP) is 4.20. The lowest BCUT2D eigenvalue weighted by Crippen LogP contribution is -2.31. The standard InChI is InChI=1S/C24H30N2/c1-4-25-24-15-14-22-13-12-21(18-23(22)24)11-8-16-26(3)19(2)17-20-9-6-5-7-10-20/h5-7,9-10,12-13,18-19,24-25H,4,14-17H2,1-3H3/t19-,24-/m1/s1. The fourth-order valence-corrected chi connectivity index (χ4v) is 3.67. The summed E-state index contributed by atoms with van der Waals surface area (Å²) in [4.78, 5) is 2.33. The first kappa shape index (κ1) is 18.7. The fourth-order valence-electron chi connectivity index (χ4n) is 3.67. The molecule has 0 heterocycles. The molecule has 3 rings (SSSR count). The van der Waals surface area contributed by atoms with Gasteiger partial charge in [0.15, 0.2) is 0 Å². The van der Waals surface area contributed by atoms with Gasteiger partial charge in [0, 0.05) is 17.6 Å². The van der Waals surface area contributed by atoms with Gasteiger partial charge in [-0.15, -0.1) is 0 Å². The molecule has 0 bridgehead atoms. The van der Waals surface area contributed by atoms with E-state index in [2.05, 4.69) is 91.5 Å². The van der Waals surface area contributed by atoms with Gasteiger partial charge in [-0.1, -0.05) is 55.2 Å². The highest BCUT2D eigenvalue weighted by Gasteiger charge is 2.21. The van der Waals surface area contributed by atoms with Gasteiger partial charge in [-0.05, 0) is 68.6 Å². The van der Waals surface area contributed by atoms with Crippen molar-refractivity contribution in [3.8, 4) is 11.8 Å². The minimum absolute atomic E-state index is 0.477. The van der Waals surface area contributed by atoms with Gasteiger partial charge >= 0.3 is 0 Å². The number of benzene rings is 2. The van der Waals surface area contributed by atoms with Gasteiger partial charge in [0.1, 0.15) is 0 Å². The van der Waals surface area contributed by atoms with Crippen LogP contribution in [-0.2, 0) is 12.8 Å². The Labute approximate surface area is 158 Å². The Hall–Kier alpha value is -2.08. The second kappa shape index (κ2) is 9.03. The van der Waals surface area contributed by atoms with Crippen LogP contribution in [-0.4, -0.2) is 31.1 Å². The monoisotopic (exact) mass is 346 g/mol. The molecule has 0 saturated heterocycles. The molecule has 2 aromatic carbocycles. The van der Waals surface area contributed by atoms with Crippen LogP contribution in [0.2, 0.25) is 0 Å². The van der Waals surface area contributed by atoms with Crippen LogP contribution in [0.4, 0.5) is 0 Å². The summed E-state index contributed by atoms with van der Waals surface area (Å²) in [6.45, 7) is 6.25. The van der Waals surface area contributed by atoms with E-state index in [1.807, 2.05) is 0 Å². The summed E-state index contributed by atoms with van der Waals surface area (Å²) in [6.07, 6.45) is 3.45. The molecule has 1 aliphatic rings. The summed E-state index contributed by atoms with van der Waals surface area (Å²) < 4.78 is 0. The average molecular weight is 347 g/mol. The van der Waals surface area contributed by atoms with Gasteiger partial charge in [-0.25, -0.2) is 0 Å². The molecule has 0 unspecified atom stereocenters. The Morgan fingerprint density at radius 1 is 1.19 bits per heavy atom. The first-order chi connectivity index (χ1) is 12.7. The van der Waals surface area contributed by atoms with Crippen LogP contribution in [0, 0.1) is 11.8 Å². The van der Waals surface area contributed by atoms with Crippen molar-refractivity contribution in [3.05, 3.63) is 70.8 Å². The Balaban J connectivity index is 1.59. The molecule has 26 heavy (non-hydrogen) atoms. The maximum atomic E-state index is 3.58. The molecule has 136 valence electrons. The number of nitrogens with zero attached hydrogens (tertiary/aromatic N) is 1. The zero-order valence-electron chi connectivity index (χ0n) is 16.3. The van der Waals surface area contributed by atoms with Crippen molar-refractivity contribution in [2.24, 2.45) is 0 Å². The molecule has 0 amide bonds. The quantitative estimate of drug-likeness (QED) is 0.789. The lowest BCUT2D eigenvalue weighted by molar-refractivity contribution is 0.287. The van der Waals surface area contributed by atoms with Gasteiger partial charge in [-0.3, -0.25) is 4.90 Å². The molecule has 2 atom stereocenters. The summed E-state index contributed by atoms with van der Waals surface area (Å²) in [5.74, 6) is 6.73. The van der Waals surface area contributed by atoms with Crippen LogP contribution >= 0.6 is 0 Å². The van der Waals surface area contributed by atoms with E-state index >= 15 is 0 Å². The van der Waals surface area contributed by atoms with Crippen LogP contribution in [0.25, 0.3) is 0 Å². The highest BCUT2D eigenvalue weighted by molar-refractivity contribution is 5.44. The molecular weight excluding hydrogens is 316 g/mol. The van der Waals surface area contributed by atoms with E-state index in [-0.39, 0.29) is 0 Å². The highest BCUT2D eigenvalue weighted by Crippen LogP contribution is 2.31. The maximum Gasteiger partial charge on any atom is 0.0605 e. The summed E-state index contributed by atoms with van der Waals surface area (Å²) in [5.41, 5.74) is 5.45. The van der Waals surface area contributed by atoms with Crippen molar-refractivity contribution < 1.29 is 0 Å². The van der Waals surface area contributed by atoms with Gasteiger partial charge in [0.05, 0.1) is 6.54 Å². The molecule has 1 N–H and O–H groups in total. The molecule has 2 aromatic rings. The first-order valence-corrected chi connectivity index (χ1v) is 9.76. The SMILES string of the molecule is CCN[C@@H]1CCc2ccc(C#CCN(C)[C@H](C)Cc3ccccc3)cc21. The number of likely N-dealkylation sites (N-methyl/N-ethyl adjacent to an activating group) is 1. The lowest BCUT2D eigenvalue weighted by Gasteiger charge is -2.22. The molecule has 0 saturated carbocycles. The summed E-state index contributed by atoms with van der Waals surface area (Å²) >= 11 is 0. The minimum atomic E-state index is 0.477. The molecule has 2 nitrogen and oxygen atoms in total. The van der Waals surface area contributed by atoms with E-state index in [1.54, 1.807) is 0 Å². The Morgan fingerprint density at radius 3 is 2.77 bits per heavy atom. The van der Waals surface area contributed by atoms with Crippen LogP contribution in [0.3, 0.4) is 0 Å². The number of nitrogens with one attached hydrogen (secondary N) is 1. The zero-order valence-corrected chi connectivity index (χ0v) is 16.3. The number of fused-ring (bicyclic) bond motifs is 1. The van der Waals surface area contributed by atoms with Crippen molar-refractivity contribution in [1.29, 1.82) is 0 Å². The summed E-state index contributed by atoms with van der Waals surface area (Å²) in [6, 6.07) is 18.4. The number of aryl methyl sites for hydroxylation is 1. The Bertz CT molecular complexity index is 768. The van der Waals surface area contributed by atoms with Crippen LogP contribution < -0.4 is 5.32 Å². The normalized spacial score (nSPS) is 16.8. The van der Waals surface area contributed by atoms with Gasteiger partial charge in [-0.2, -0.15) is 0 Å². The van der Waals surface area contributed by atoms with Crippen molar-refractivity contribution in [2.75, 3.05) is 20.1 Å². The summed E-state index contributed by atoms with van der Waals surface area (Å²) in [5, 5.41) is 3.58. The number of rotatable bonds is 6. The molecule has 2 heteroatoms. The smallest absolute Gasteiger partial charge is 0.0605 e. The van der Waals surface area contributed by atoms with Crippen molar-refractivity contribution >= 4 is 0 Å². The largest absolute Gasteiger partial charge is 0.310 e.